The maximum absolute atomic E-state index is 11.8. The second-order valence-corrected chi connectivity index (χ2v) is 4.44. The number of nitrogens with two attached hydrogens (primary N) is 1. The van der Waals surface area contributed by atoms with Crippen molar-refractivity contribution < 1.29 is 9.53 Å². The molecule has 1 aromatic carbocycles. The van der Waals surface area contributed by atoms with E-state index in [1.807, 2.05) is 19.1 Å². The number of nitrogens with one attached hydrogen (secondary N) is 1. The van der Waals surface area contributed by atoms with E-state index in [1.165, 1.54) is 0 Å². The summed E-state index contributed by atoms with van der Waals surface area (Å²) in [6, 6.07) is 7.04. The number of aryl methyl sites for hydroxylation is 1. The number of esters is 1. The van der Waals surface area contributed by atoms with Crippen molar-refractivity contribution in [3.05, 3.63) is 47.5 Å². The Morgan fingerprint density at radius 1 is 1.38 bits per heavy atom. The van der Waals surface area contributed by atoms with Crippen LogP contribution in [0.3, 0.4) is 0 Å². The highest BCUT2D eigenvalue weighted by molar-refractivity contribution is 5.98. The summed E-state index contributed by atoms with van der Waals surface area (Å²) in [6.45, 7) is 4.41. The number of nitrogens with zero attached hydrogens (tertiary/aromatic N) is 2. The zero-order valence-corrected chi connectivity index (χ0v) is 12.1. The van der Waals surface area contributed by atoms with Gasteiger partial charge in [-0.2, -0.15) is 0 Å². The number of aromatic nitrogens is 2. The van der Waals surface area contributed by atoms with Gasteiger partial charge in [-0.3, -0.25) is 0 Å². The summed E-state index contributed by atoms with van der Waals surface area (Å²) in [5.41, 5.74) is 8.28. The SMILES string of the molecule is CCOC(=O)c1cccc(NCc2ccnc(C)n2)c1N. The number of nitrogen functional groups attached to an aromatic ring is 1. The molecule has 1 heterocycles. The van der Waals surface area contributed by atoms with E-state index in [-0.39, 0.29) is 0 Å². The Kier molecular flexibility index (Phi) is 4.71. The van der Waals surface area contributed by atoms with Gasteiger partial charge in [-0.25, -0.2) is 14.8 Å². The molecule has 6 heteroatoms. The first kappa shape index (κ1) is 14.8. The molecule has 2 aromatic rings. The van der Waals surface area contributed by atoms with Gasteiger partial charge in [-0.15, -0.1) is 0 Å². The Morgan fingerprint density at radius 3 is 2.90 bits per heavy atom. The van der Waals surface area contributed by atoms with Gasteiger partial charge in [0.05, 0.1) is 35.8 Å². The van der Waals surface area contributed by atoms with Gasteiger partial charge >= 0.3 is 5.97 Å². The minimum absolute atomic E-state index is 0.316. The lowest BCUT2D eigenvalue weighted by Gasteiger charge is -2.12. The molecule has 0 spiro atoms. The topological polar surface area (TPSA) is 90.1 Å². The molecule has 0 bridgehead atoms. The summed E-state index contributed by atoms with van der Waals surface area (Å²) in [6.07, 6.45) is 1.71. The van der Waals surface area contributed by atoms with Crippen LogP contribution in [0, 0.1) is 6.92 Å². The predicted octanol–water partition coefficient (Wildman–Crippen LogP) is 2.16. The van der Waals surface area contributed by atoms with Crippen LogP contribution in [0.25, 0.3) is 0 Å². The average molecular weight is 286 g/mol. The van der Waals surface area contributed by atoms with Crippen molar-refractivity contribution in [2.75, 3.05) is 17.7 Å². The minimum Gasteiger partial charge on any atom is -0.462 e. The fourth-order valence-corrected chi connectivity index (χ4v) is 1.90. The van der Waals surface area contributed by atoms with Crippen LogP contribution < -0.4 is 11.1 Å². The number of carbonyl (C=O) groups excluding carboxylic acids is 1. The lowest BCUT2D eigenvalue weighted by Crippen LogP contribution is -2.11. The van der Waals surface area contributed by atoms with Crippen LogP contribution in [-0.4, -0.2) is 22.5 Å². The third kappa shape index (κ3) is 3.68. The van der Waals surface area contributed by atoms with Crippen molar-refractivity contribution in [2.45, 2.75) is 20.4 Å². The largest absolute Gasteiger partial charge is 0.462 e. The van der Waals surface area contributed by atoms with Gasteiger partial charge in [0, 0.05) is 6.20 Å². The molecule has 0 fully saturated rings. The summed E-state index contributed by atoms with van der Waals surface area (Å²) in [7, 11) is 0. The Hall–Kier alpha value is -2.63. The Morgan fingerprint density at radius 2 is 2.19 bits per heavy atom. The van der Waals surface area contributed by atoms with Crippen molar-refractivity contribution in [1.29, 1.82) is 0 Å². The molecule has 0 unspecified atom stereocenters. The third-order valence-electron chi connectivity index (χ3n) is 2.90. The quantitative estimate of drug-likeness (QED) is 0.646. The molecule has 0 atom stereocenters. The number of benzene rings is 1. The molecule has 0 aliphatic rings. The van der Waals surface area contributed by atoms with E-state index in [0.717, 1.165) is 5.69 Å². The Bertz CT molecular complexity index is 643. The number of para-hydroxylation sites is 1. The fourth-order valence-electron chi connectivity index (χ4n) is 1.90. The van der Waals surface area contributed by atoms with Crippen molar-refractivity contribution in [1.82, 2.24) is 9.97 Å². The number of carbonyl (C=O) groups is 1. The highest BCUT2D eigenvalue weighted by Gasteiger charge is 2.13. The number of hydrogen-bond acceptors (Lipinski definition) is 6. The number of rotatable bonds is 5. The summed E-state index contributed by atoms with van der Waals surface area (Å²) >= 11 is 0. The molecule has 1 aromatic heterocycles. The van der Waals surface area contributed by atoms with Crippen molar-refractivity contribution in [3.8, 4) is 0 Å². The number of anilines is 2. The Labute approximate surface area is 123 Å². The molecule has 3 N–H and O–H groups in total. The monoisotopic (exact) mass is 286 g/mol. The highest BCUT2D eigenvalue weighted by atomic mass is 16.5. The van der Waals surface area contributed by atoms with Gasteiger partial charge in [0.1, 0.15) is 5.82 Å². The van der Waals surface area contributed by atoms with E-state index in [0.29, 0.717) is 35.9 Å². The molecule has 0 saturated carbocycles. The van der Waals surface area contributed by atoms with Gasteiger partial charge in [-0.1, -0.05) is 6.07 Å². The van der Waals surface area contributed by atoms with Gasteiger partial charge < -0.3 is 15.8 Å². The first-order valence-corrected chi connectivity index (χ1v) is 6.69. The van der Waals surface area contributed by atoms with Crippen LogP contribution in [0.2, 0.25) is 0 Å². The van der Waals surface area contributed by atoms with E-state index < -0.39 is 5.97 Å². The van der Waals surface area contributed by atoms with Crippen LogP contribution in [0.4, 0.5) is 11.4 Å². The summed E-state index contributed by atoms with van der Waals surface area (Å²) in [4.78, 5) is 20.1. The first-order valence-electron chi connectivity index (χ1n) is 6.69. The van der Waals surface area contributed by atoms with Crippen LogP contribution in [0.1, 0.15) is 28.8 Å². The van der Waals surface area contributed by atoms with Crippen molar-refractivity contribution in [3.63, 3.8) is 0 Å². The van der Waals surface area contributed by atoms with Crippen molar-refractivity contribution >= 4 is 17.3 Å². The summed E-state index contributed by atoms with van der Waals surface area (Å²) in [5.74, 6) is 0.291. The van der Waals surface area contributed by atoms with E-state index >= 15 is 0 Å². The van der Waals surface area contributed by atoms with Gasteiger partial charge in [-0.05, 0) is 32.0 Å². The van der Waals surface area contributed by atoms with E-state index in [1.54, 1.807) is 25.3 Å². The van der Waals surface area contributed by atoms with E-state index in [9.17, 15) is 4.79 Å². The zero-order chi connectivity index (χ0) is 15.2. The third-order valence-corrected chi connectivity index (χ3v) is 2.90. The van der Waals surface area contributed by atoms with Crippen LogP contribution in [0.5, 0.6) is 0 Å². The van der Waals surface area contributed by atoms with Crippen LogP contribution in [-0.2, 0) is 11.3 Å². The zero-order valence-electron chi connectivity index (χ0n) is 12.1. The molecular weight excluding hydrogens is 268 g/mol. The molecule has 0 aliphatic carbocycles. The maximum Gasteiger partial charge on any atom is 0.340 e. The first-order chi connectivity index (χ1) is 10.1. The smallest absolute Gasteiger partial charge is 0.340 e. The highest BCUT2D eigenvalue weighted by Crippen LogP contribution is 2.23. The van der Waals surface area contributed by atoms with Crippen LogP contribution in [0.15, 0.2) is 30.5 Å². The molecule has 0 aliphatic heterocycles. The van der Waals surface area contributed by atoms with E-state index in [4.69, 9.17) is 10.5 Å². The summed E-state index contributed by atoms with van der Waals surface area (Å²) < 4.78 is 4.97. The lowest BCUT2D eigenvalue weighted by molar-refractivity contribution is 0.0527. The molecule has 0 radical (unpaired) electrons. The number of ether oxygens (including phenoxy) is 1. The molecule has 2 rings (SSSR count). The molecular formula is C15H18N4O2. The molecule has 0 saturated heterocycles. The van der Waals surface area contributed by atoms with Crippen LogP contribution >= 0.6 is 0 Å². The maximum atomic E-state index is 11.8. The van der Waals surface area contributed by atoms with Gasteiger partial charge in [0.25, 0.3) is 0 Å². The fraction of sp³-hybridized carbons (Fsp3) is 0.267. The molecule has 21 heavy (non-hydrogen) atoms. The summed E-state index contributed by atoms with van der Waals surface area (Å²) in [5, 5.41) is 3.17. The molecule has 0 amide bonds. The second kappa shape index (κ2) is 6.69. The normalized spacial score (nSPS) is 10.2. The minimum atomic E-state index is -0.420. The number of hydrogen-bond donors (Lipinski definition) is 2. The predicted molar refractivity (Wildman–Crippen MR) is 80.9 cm³/mol. The molecule has 110 valence electrons. The van der Waals surface area contributed by atoms with Crippen molar-refractivity contribution in [2.24, 2.45) is 0 Å². The molecule has 6 nitrogen and oxygen atoms in total. The van der Waals surface area contributed by atoms with E-state index in [2.05, 4.69) is 15.3 Å². The lowest BCUT2D eigenvalue weighted by atomic mass is 10.1. The second-order valence-electron chi connectivity index (χ2n) is 4.44. The Balaban J connectivity index is 2.13. The van der Waals surface area contributed by atoms with Gasteiger partial charge in [0.15, 0.2) is 0 Å². The average Bonchev–Trinajstić information content (AvgIpc) is 2.46. The van der Waals surface area contributed by atoms with Gasteiger partial charge in [0.2, 0.25) is 0 Å². The standard InChI is InChI=1S/C15H18N4O2/c1-3-21-15(20)12-5-4-6-13(14(12)16)18-9-11-7-8-17-10(2)19-11/h4-8,18H,3,9,16H2,1-2H3.